The minimum Gasteiger partial charge on any atom is -0.339 e. The summed E-state index contributed by atoms with van der Waals surface area (Å²) in [5, 5.41) is 3.66. The van der Waals surface area contributed by atoms with Gasteiger partial charge in [-0.1, -0.05) is 5.16 Å². The van der Waals surface area contributed by atoms with Crippen molar-refractivity contribution in [1.29, 1.82) is 0 Å². The molecule has 1 fully saturated rings. The molecular formula is C13H11F3N4O2. The van der Waals surface area contributed by atoms with E-state index in [2.05, 4.69) is 15.1 Å². The van der Waals surface area contributed by atoms with Crippen LogP contribution in [-0.4, -0.2) is 39.0 Å². The number of halogens is 3. The number of aromatic nitrogens is 3. The highest BCUT2D eigenvalue weighted by molar-refractivity contribution is 5.94. The van der Waals surface area contributed by atoms with E-state index in [1.54, 1.807) is 6.92 Å². The molecule has 6 nitrogen and oxygen atoms in total. The summed E-state index contributed by atoms with van der Waals surface area (Å²) in [4.78, 5) is 21.1. The third-order valence-corrected chi connectivity index (χ3v) is 3.37. The molecule has 2 aromatic rings. The topological polar surface area (TPSA) is 72.1 Å². The maximum Gasteiger partial charge on any atom is 0.417 e. The van der Waals surface area contributed by atoms with E-state index in [1.165, 1.54) is 4.90 Å². The third kappa shape index (κ3) is 2.66. The Hall–Kier alpha value is -2.45. The van der Waals surface area contributed by atoms with Gasteiger partial charge in [0.25, 0.3) is 5.91 Å². The standard InChI is InChI=1S/C13H11F3N4O2/c1-7-18-11(22-19-7)9-5-20(6-9)12(21)8-2-10(4-17-3-8)13(14,15)16/h2-4,9H,5-6H2,1H3. The lowest BCUT2D eigenvalue weighted by Crippen LogP contribution is -2.48. The van der Waals surface area contributed by atoms with Gasteiger partial charge in [0.05, 0.1) is 17.0 Å². The van der Waals surface area contributed by atoms with Gasteiger partial charge in [0, 0.05) is 25.5 Å². The number of alkyl halides is 3. The number of pyridine rings is 1. The Morgan fingerprint density at radius 1 is 1.36 bits per heavy atom. The summed E-state index contributed by atoms with van der Waals surface area (Å²) in [6, 6.07) is 0.805. The molecule has 1 amide bonds. The maximum absolute atomic E-state index is 12.6. The normalized spacial score (nSPS) is 15.7. The Bertz CT molecular complexity index is 707. The number of carbonyl (C=O) groups is 1. The SMILES string of the molecule is Cc1noc(C2CN(C(=O)c3cncc(C(F)(F)F)c3)C2)n1. The third-order valence-electron chi connectivity index (χ3n) is 3.37. The highest BCUT2D eigenvalue weighted by Crippen LogP contribution is 2.31. The highest BCUT2D eigenvalue weighted by Gasteiger charge is 2.37. The average molecular weight is 312 g/mol. The van der Waals surface area contributed by atoms with Crippen molar-refractivity contribution in [3.8, 4) is 0 Å². The van der Waals surface area contributed by atoms with Gasteiger partial charge in [0.1, 0.15) is 0 Å². The second-order valence-corrected chi connectivity index (χ2v) is 5.05. The molecule has 0 saturated carbocycles. The van der Waals surface area contributed by atoms with Crippen LogP contribution in [0.3, 0.4) is 0 Å². The molecule has 9 heteroatoms. The number of likely N-dealkylation sites (tertiary alicyclic amines) is 1. The Kier molecular flexibility index (Phi) is 3.34. The summed E-state index contributed by atoms with van der Waals surface area (Å²) in [5.74, 6) is 0.362. The second-order valence-electron chi connectivity index (χ2n) is 5.05. The van der Waals surface area contributed by atoms with Crippen molar-refractivity contribution in [3.63, 3.8) is 0 Å². The van der Waals surface area contributed by atoms with Gasteiger partial charge in [0.2, 0.25) is 5.89 Å². The van der Waals surface area contributed by atoms with E-state index in [1.807, 2.05) is 0 Å². The smallest absolute Gasteiger partial charge is 0.339 e. The zero-order valence-corrected chi connectivity index (χ0v) is 11.5. The lowest BCUT2D eigenvalue weighted by molar-refractivity contribution is -0.137. The van der Waals surface area contributed by atoms with Gasteiger partial charge in [-0.15, -0.1) is 0 Å². The number of hydrogen-bond acceptors (Lipinski definition) is 5. The molecule has 22 heavy (non-hydrogen) atoms. The number of carbonyl (C=O) groups excluding carboxylic acids is 1. The van der Waals surface area contributed by atoms with E-state index in [9.17, 15) is 18.0 Å². The van der Waals surface area contributed by atoms with Gasteiger partial charge >= 0.3 is 6.18 Å². The molecule has 0 atom stereocenters. The average Bonchev–Trinajstić information content (AvgIpc) is 2.82. The van der Waals surface area contributed by atoms with E-state index < -0.39 is 17.6 Å². The molecule has 0 spiro atoms. The lowest BCUT2D eigenvalue weighted by Gasteiger charge is -2.37. The molecule has 1 aliphatic heterocycles. The first-order chi connectivity index (χ1) is 10.3. The summed E-state index contributed by atoms with van der Waals surface area (Å²) in [5.41, 5.74) is -1.03. The number of hydrogen-bond donors (Lipinski definition) is 0. The van der Waals surface area contributed by atoms with Crippen LogP contribution in [-0.2, 0) is 6.18 Å². The van der Waals surface area contributed by atoms with E-state index >= 15 is 0 Å². The minimum absolute atomic E-state index is 0.0797. The van der Waals surface area contributed by atoms with E-state index in [0.29, 0.717) is 31.0 Å². The Morgan fingerprint density at radius 2 is 2.09 bits per heavy atom. The van der Waals surface area contributed by atoms with E-state index in [0.717, 1.165) is 12.3 Å². The van der Waals surface area contributed by atoms with Gasteiger partial charge in [-0.3, -0.25) is 9.78 Å². The predicted octanol–water partition coefficient (Wildman–Crippen LogP) is 2.03. The van der Waals surface area contributed by atoms with E-state index in [-0.39, 0.29) is 11.5 Å². The fourth-order valence-corrected chi connectivity index (χ4v) is 2.17. The summed E-state index contributed by atoms with van der Waals surface area (Å²) >= 11 is 0. The summed E-state index contributed by atoms with van der Waals surface area (Å²) < 4.78 is 42.9. The molecule has 0 aliphatic carbocycles. The maximum atomic E-state index is 12.6. The van der Waals surface area contributed by atoms with Gasteiger partial charge in [0.15, 0.2) is 5.82 Å². The predicted molar refractivity (Wildman–Crippen MR) is 66.9 cm³/mol. The van der Waals surface area contributed by atoms with Crippen LogP contribution in [0.4, 0.5) is 13.2 Å². The fourth-order valence-electron chi connectivity index (χ4n) is 2.17. The molecule has 2 aromatic heterocycles. The molecule has 3 heterocycles. The molecule has 116 valence electrons. The molecule has 0 aromatic carbocycles. The van der Waals surface area contributed by atoms with Crippen molar-refractivity contribution < 1.29 is 22.5 Å². The van der Waals surface area contributed by atoms with Crippen LogP contribution in [0.1, 0.15) is 33.6 Å². The van der Waals surface area contributed by atoms with E-state index in [4.69, 9.17) is 4.52 Å². The van der Waals surface area contributed by atoms with Crippen molar-refractivity contribution in [2.45, 2.75) is 19.0 Å². The molecule has 0 bridgehead atoms. The Labute approximate surface area is 122 Å². The van der Waals surface area contributed by atoms with Crippen LogP contribution in [0.15, 0.2) is 23.0 Å². The first-order valence-electron chi connectivity index (χ1n) is 6.46. The summed E-state index contributed by atoms with van der Waals surface area (Å²) in [7, 11) is 0. The summed E-state index contributed by atoms with van der Waals surface area (Å²) in [6.07, 6.45) is -2.71. The van der Waals surface area contributed by atoms with Gasteiger partial charge in [-0.05, 0) is 13.0 Å². The summed E-state index contributed by atoms with van der Waals surface area (Å²) in [6.45, 7) is 2.34. The van der Waals surface area contributed by atoms with Crippen molar-refractivity contribution >= 4 is 5.91 Å². The second kappa shape index (κ2) is 5.08. The molecule has 0 radical (unpaired) electrons. The molecule has 0 unspecified atom stereocenters. The van der Waals surface area contributed by atoms with Gasteiger partial charge < -0.3 is 9.42 Å². The molecule has 3 rings (SSSR count). The van der Waals surface area contributed by atoms with Crippen molar-refractivity contribution in [2.24, 2.45) is 0 Å². The number of nitrogens with zero attached hydrogens (tertiary/aromatic N) is 4. The monoisotopic (exact) mass is 312 g/mol. The van der Waals surface area contributed by atoms with Crippen LogP contribution < -0.4 is 0 Å². The van der Waals surface area contributed by atoms with Crippen LogP contribution in [0.2, 0.25) is 0 Å². The van der Waals surface area contributed by atoms with Crippen molar-refractivity contribution in [2.75, 3.05) is 13.1 Å². The Balaban J connectivity index is 1.69. The molecular weight excluding hydrogens is 301 g/mol. The van der Waals surface area contributed by atoms with Crippen LogP contribution in [0.25, 0.3) is 0 Å². The first kappa shape index (κ1) is 14.5. The largest absolute Gasteiger partial charge is 0.417 e. The molecule has 1 aliphatic rings. The van der Waals surface area contributed by atoms with Crippen molar-refractivity contribution in [3.05, 3.63) is 41.3 Å². The quantitative estimate of drug-likeness (QED) is 0.848. The van der Waals surface area contributed by atoms with Gasteiger partial charge in [-0.25, -0.2) is 0 Å². The van der Waals surface area contributed by atoms with Crippen LogP contribution >= 0.6 is 0 Å². The fraction of sp³-hybridized carbons (Fsp3) is 0.385. The Morgan fingerprint density at radius 3 is 2.68 bits per heavy atom. The van der Waals surface area contributed by atoms with Crippen molar-refractivity contribution in [1.82, 2.24) is 20.0 Å². The molecule has 1 saturated heterocycles. The minimum atomic E-state index is -4.53. The van der Waals surface area contributed by atoms with Gasteiger partial charge in [-0.2, -0.15) is 18.2 Å². The first-order valence-corrected chi connectivity index (χ1v) is 6.46. The number of amides is 1. The van der Waals surface area contributed by atoms with Crippen LogP contribution in [0.5, 0.6) is 0 Å². The zero-order chi connectivity index (χ0) is 15.9. The lowest BCUT2D eigenvalue weighted by atomic mass is 9.99. The van der Waals surface area contributed by atoms with Crippen LogP contribution in [0, 0.1) is 6.92 Å². The number of aryl methyl sites for hydroxylation is 1. The molecule has 0 N–H and O–H groups in total. The number of rotatable bonds is 2. The highest BCUT2D eigenvalue weighted by atomic mass is 19.4. The zero-order valence-electron chi connectivity index (χ0n) is 11.5.